The van der Waals surface area contributed by atoms with E-state index in [9.17, 15) is 4.79 Å². The molecule has 160 valence electrons. The van der Waals surface area contributed by atoms with E-state index in [2.05, 4.69) is 29.7 Å². The summed E-state index contributed by atoms with van der Waals surface area (Å²) < 4.78 is 6.45. The molecule has 4 aromatic rings. The minimum absolute atomic E-state index is 0.225. The predicted octanol–water partition coefficient (Wildman–Crippen LogP) is 5.81. The molecule has 0 aliphatic carbocycles. The van der Waals surface area contributed by atoms with Crippen LogP contribution in [0.25, 0.3) is 26.9 Å². The third kappa shape index (κ3) is 5.19. The van der Waals surface area contributed by atoms with Gasteiger partial charge in [-0.2, -0.15) is 0 Å². The Kier molecular flexibility index (Phi) is 6.58. The average Bonchev–Trinajstić information content (AvgIpc) is 3.21. The molecule has 32 heavy (non-hydrogen) atoms. The number of nitrogens with zero attached hydrogens (tertiary/aromatic N) is 1. The zero-order valence-electron chi connectivity index (χ0n) is 17.6. The molecule has 0 radical (unpaired) electrons. The van der Waals surface area contributed by atoms with Gasteiger partial charge in [0, 0.05) is 22.9 Å². The molecule has 3 aromatic carbocycles. The Morgan fingerprint density at radius 3 is 2.66 bits per heavy atom. The number of nitrogens with one attached hydrogen (secondary N) is 2. The maximum atomic E-state index is 12.2. The maximum absolute atomic E-state index is 12.2. The van der Waals surface area contributed by atoms with Crippen LogP contribution in [0.15, 0.2) is 72.8 Å². The SMILES string of the molecule is COc1ccccc1C=CC(=O)NC(=S)Nc1ccc(-c2nc3ccc(C)cc3s2)cc1. The Hall–Kier alpha value is -3.55. The molecule has 5 nitrogen and oxygen atoms in total. The van der Waals surface area contributed by atoms with Crippen LogP contribution in [-0.4, -0.2) is 23.1 Å². The number of amides is 1. The molecule has 1 heterocycles. The summed E-state index contributed by atoms with van der Waals surface area (Å²) in [4.78, 5) is 16.9. The summed E-state index contributed by atoms with van der Waals surface area (Å²) >= 11 is 6.93. The molecule has 4 rings (SSSR count). The molecule has 1 amide bonds. The zero-order chi connectivity index (χ0) is 22.5. The van der Waals surface area contributed by atoms with Gasteiger partial charge in [0.05, 0.1) is 17.3 Å². The van der Waals surface area contributed by atoms with Crippen LogP contribution in [0, 0.1) is 6.92 Å². The van der Waals surface area contributed by atoms with Gasteiger partial charge < -0.3 is 10.1 Å². The molecule has 0 bridgehead atoms. The number of ether oxygens (including phenoxy) is 1. The summed E-state index contributed by atoms with van der Waals surface area (Å²) in [6, 6.07) is 21.5. The lowest BCUT2D eigenvalue weighted by Gasteiger charge is -2.08. The highest BCUT2D eigenvalue weighted by molar-refractivity contribution is 7.80. The van der Waals surface area contributed by atoms with Gasteiger partial charge in [-0.25, -0.2) is 4.98 Å². The van der Waals surface area contributed by atoms with Crippen molar-refractivity contribution in [1.82, 2.24) is 10.3 Å². The van der Waals surface area contributed by atoms with Crippen molar-refractivity contribution in [3.05, 3.63) is 83.9 Å². The Labute approximate surface area is 195 Å². The number of aryl methyl sites for hydroxylation is 1. The lowest BCUT2D eigenvalue weighted by molar-refractivity contribution is -0.115. The van der Waals surface area contributed by atoms with Crippen LogP contribution in [0.1, 0.15) is 11.1 Å². The van der Waals surface area contributed by atoms with Gasteiger partial charge in [0.15, 0.2) is 5.11 Å². The smallest absolute Gasteiger partial charge is 0.250 e. The Morgan fingerprint density at radius 2 is 1.88 bits per heavy atom. The first-order chi connectivity index (χ1) is 15.5. The van der Waals surface area contributed by atoms with Crippen molar-refractivity contribution in [2.24, 2.45) is 0 Å². The fourth-order valence-corrected chi connectivity index (χ4v) is 4.42. The van der Waals surface area contributed by atoms with Gasteiger partial charge in [-0.1, -0.05) is 24.3 Å². The number of thiazole rings is 1. The van der Waals surface area contributed by atoms with Gasteiger partial charge in [-0.15, -0.1) is 11.3 Å². The lowest BCUT2D eigenvalue weighted by atomic mass is 10.2. The number of aromatic nitrogens is 1. The van der Waals surface area contributed by atoms with E-state index in [1.165, 1.54) is 16.3 Å². The summed E-state index contributed by atoms with van der Waals surface area (Å²) in [6.45, 7) is 2.08. The number of rotatable bonds is 5. The minimum atomic E-state index is -0.324. The number of hydrogen-bond acceptors (Lipinski definition) is 5. The highest BCUT2D eigenvalue weighted by atomic mass is 32.1. The fraction of sp³-hybridized carbons (Fsp3) is 0.0800. The molecule has 0 aliphatic rings. The van der Waals surface area contributed by atoms with Gasteiger partial charge in [0.1, 0.15) is 10.8 Å². The molecule has 7 heteroatoms. The number of para-hydroxylation sites is 1. The van der Waals surface area contributed by atoms with E-state index in [0.29, 0.717) is 5.75 Å². The van der Waals surface area contributed by atoms with E-state index in [-0.39, 0.29) is 11.0 Å². The van der Waals surface area contributed by atoms with E-state index in [4.69, 9.17) is 21.9 Å². The molecular weight excluding hydrogens is 438 g/mol. The van der Waals surface area contributed by atoms with Crippen LogP contribution in [-0.2, 0) is 4.79 Å². The summed E-state index contributed by atoms with van der Waals surface area (Å²) in [6.07, 6.45) is 3.11. The van der Waals surface area contributed by atoms with Gasteiger partial charge in [-0.3, -0.25) is 10.1 Å². The van der Waals surface area contributed by atoms with Crippen LogP contribution in [0.4, 0.5) is 5.69 Å². The number of carbonyl (C=O) groups excluding carboxylic acids is 1. The molecule has 1 aromatic heterocycles. The number of carbonyl (C=O) groups is 1. The van der Waals surface area contributed by atoms with Crippen molar-refractivity contribution in [2.75, 3.05) is 12.4 Å². The number of anilines is 1. The Balaban J connectivity index is 1.37. The third-order valence-electron chi connectivity index (χ3n) is 4.72. The van der Waals surface area contributed by atoms with E-state index < -0.39 is 0 Å². The van der Waals surface area contributed by atoms with Gasteiger partial charge in [0.25, 0.3) is 0 Å². The summed E-state index contributed by atoms with van der Waals surface area (Å²) in [7, 11) is 1.59. The molecular formula is C25H21N3O2S2. The molecule has 0 aliphatic heterocycles. The number of hydrogen-bond donors (Lipinski definition) is 2. The maximum Gasteiger partial charge on any atom is 0.250 e. The van der Waals surface area contributed by atoms with Gasteiger partial charge in [-0.05, 0) is 73.2 Å². The number of thiocarbonyl (C=S) groups is 1. The molecule has 0 fully saturated rings. The number of methoxy groups -OCH3 is 1. The normalized spacial score (nSPS) is 10.9. The van der Waals surface area contributed by atoms with Crippen molar-refractivity contribution in [3.8, 4) is 16.3 Å². The Morgan fingerprint density at radius 1 is 1.09 bits per heavy atom. The summed E-state index contributed by atoms with van der Waals surface area (Å²) in [5.74, 6) is 0.371. The monoisotopic (exact) mass is 459 g/mol. The topological polar surface area (TPSA) is 63.2 Å². The highest BCUT2D eigenvalue weighted by Crippen LogP contribution is 2.31. The number of benzene rings is 3. The van der Waals surface area contributed by atoms with Crippen molar-refractivity contribution in [2.45, 2.75) is 6.92 Å². The third-order valence-corrected chi connectivity index (χ3v) is 5.99. The fourth-order valence-electron chi connectivity index (χ4n) is 3.14. The first-order valence-corrected chi connectivity index (χ1v) is 11.1. The largest absolute Gasteiger partial charge is 0.496 e. The van der Waals surface area contributed by atoms with Crippen molar-refractivity contribution < 1.29 is 9.53 Å². The second-order valence-corrected chi connectivity index (χ2v) is 8.53. The van der Waals surface area contributed by atoms with E-state index in [1.54, 1.807) is 24.5 Å². The number of fused-ring (bicyclic) bond motifs is 1. The molecule has 2 N–H and O–H groups in total. The molecule has 0 saturated heterocycles. The lowest BCUT2D eigenvalue weighted by Crippen LogP contribution is -2.32. The van der Waals surface area contributed by atoms with Crippen LogP contribution in [0.3, 0.4) is 0 Å². The quantitative estimate of drug-likeness (QED) is 0.291. The van der Waals surface area contributed by atoms with Crippen molar-refractivity contribution in [1.29, 1.82) is 0 Å². The van der Waals surface area contributed by atoms with Crippen LogP contribution in [0.2, 0.25) is 0 Å². The molecule has 0 unspecified atom stereocenters. The highest BCUT2D eigenvalue weighted by Gasteiger charge is 2.08. The summed E-state index contributed by atoms with van der Waals surface area (Å²) in [5.41, 5.74) is 4.85. The molecule has 0 spiro atoms. The van der Waals surface area contributed by atoms with Crippen LogP contribution in [0.5, 0.6) is 5.75 Å². The van der Waals surface area contributed by atoms with E-state index in [1.807, 2.05) is 54.6 Å². The first kappa shape index (κ1) is 21.7. The van der Waals surface area contributed by atoms with Crippen molar-refractivity contribution >= 4 is 56.6 Å². The average molecular weight is 460 g/mol. The minimum Gasteiger partial charge on any atom is -0.496 e. The zero-order valence-corrected chi connectivity index (χ0v) is 19.2. The second kappa shape index (κ2) is 9.72. The first-order valence-electron chi connectivity index (χ1n) is 9.92. The Bertz CT molecular complexity index is 1310. The van der Waals surface area contributed by atoms with Gasteiger partial charge >= 0.3 is 0 Å². The van der Waals surface area contributed by atoms with E-state index >= 15 is 0 Å². The van der Waals surface area contributed by atoms with Crippen LogP contribution < -0.4 is 15.4 Å². The predicted molar refractivity (Wildman–Crippen MR) is 136 cm³/mol. The molecule has 0 saturated carbocycles. The molecule has 0 atom stereocenters. The standard InChI is InChI=1S/C25H21N3O2S2/c1-16-7-13-20-22(15-16)32-24(27-20)18-8-11-19(12-9-18)26-25(31)28-23(29)14-10-17-5-3-4-6-21(17)30-2/h3-15H,1-2H3,(H2,26,28,29,31). The van der Waals surface area contributed by atoms with Crippen molar-refractivity contribution in [3.63, 3.8) is 0 Å². The van der Waals surface area contributed by atoms with Crippen LogP contribution >= 0.6 is 23.6 Å². The van der Waals surface area contributed by atoms with Gasteiger partial charge in [0.2, 0.25) is 5.91 Å². The summed E-state index contributed by atoms with van der Waals surface area (Å²) in [5, 5.41) is 6.87. The second-order valence-electron chi connectivity index (χ2n) is 7.09. The van der Waals surface area contributed by atoms with E-state index in [0.717, 1.165) is 27.3 Å².